The van der Waals surface area contributed by atoms with E-state index in [1.165, 1.54) is 0 Å². The maximum absolute atomic E-state index is 12.6. The molecule has 0 N–H and O–H groups in total. The lowest BCUT2D eigenvalue weighted by molar-refractivity contribution is -0.445. The van der Waals surface area contributed by atoms with Gasteiger partial charge in [0, 0.05) is 0 Å². The van der Waals surface area contributed by atoms with Crippen molar-refractivity contribution in [1.82, 2.24) is 0 Å². The molecule has 134 valence electrons. The Morgan fingerprint density at radius 3 is 0.909 bits per heavy atom. The third-order valence-electron chi connectivity index (χ3n) is 2.23. The van der Waals surface area contributed by atoms with Gasteiger partial charge in [0.15, 0.2) is 0 Å². The van der Waals surface area contributed by atoms with Gasteiger partial charge in [0.25, 0.3) is 0 Å². The summed E-state index contributed by atoms with van der Waals surface area (Å²) >= 11 is 0. The van der Waals surface area contributed by atoms with Crippen LogP contribution in [0.15, 0.2) is 0 Å². The first kappa shape index (κ1) is 20.9. The van der Waals surface area contributed by atoms with Crippen LogP contribution in [0.1, 0.15) is 0 Å². The summed E-state index contributed by atoms with van der Waals surface area (Å²) in [6.07, 6.45) is -13.3. The highest BCUT2D eigenvalue weighted by Gasteiger charge is 2.91. The van der Waals surface area contributed by atoms with Crippen molar-refractivity contribution in [3.05, 3.63) is 0 Å². The maximum atomic E-state index is 12.6. The van der Waals surface area contributed by atoms with Crippen LogP contribution in [-0.4, -0.2) is 42.2 Å². The van der Waals surface area contributed by atoms with E-state index in [2.05, 4.69) is 0 Å². The number of hydrogen-bond acceptors (Lipinski definition) is 0. The SMILES string of the molecule is FC(F)C(F)(F)C(F)(F)C(F)(F)C(F)(F)C(F)(F)C(F)(F)F. The quantitative estimate of drug-likeness (QED) is 0.599. The average Bonchev–Trinajstić information content (AvgIpc) is 2.25. The maximum Gasteiger partial charge on any atom is 0.460 e. The third kappa shape index (κ3) is 2.45. The lowest BCUT2D eigenvalue weighted by Crippen LogP contribution is -2.71. The Bertz CT molecular complexity index is 401. The van der Waals surface area contributed by atoms with Gasteiger partial charge in [-0.1, -0.05) is 0 Å². The van der Waals surface area contributed by atoms with Gasteiger partial charge in [0.1, 0.15) is 0 Å². The van der Waals surface area contributed by atoms with E-state index in [1.807, 2.05) is 0 Å². The minimum Gasteiger partial charge on any atom is -0.203 e. The molecule has 22 heavy (non-hydrogen) atoms. The highest BCUT2D eigenvalue weighted by Crippen LogP contribution is 2.60. The minimum atomic E-state index is -8.17. The summed E-state index contributed by atoms with van der Waals surface area (Å²) in [6, 6.07) is 0. The molecule has 0 aliphatic rings. The monoisotopic (exact) mass is 370 g/mol. The number of alkyl halides is 15. The van der Waals surface area contributed by atoms with Crippen molar-refractivity contribution in [1.29, 1.82) is 0 Å². The van der Waals surface area contributed by atoms with Gasteiger partial charge in [-0.2, -0.15) is 57.1 Å². The van der Waals surface area contributed by atoms with Crippen molar-refractivity contribution in [2.75, 3.05) is 0 Å². The molecule has 0 aromatic carbocycles. The van der Waals surface area contributed by atoms with Crippen LogP contribution in [0.5, 0.6) is 0 Å². The summed E-state index contributed by atoms with van der Waals surface area (Å²) in [7, 11) is 0. The summed E-state index contributed by atoms with van der Waals surface area (Å²) in [5, 5.41) is 0. The van der Waals surface area contributed by atoms with E-state index >= 15 is 0 Å². The molecule has 0 saturated heterocycles. The van der Waals surface area contributed by atoms with Crippen molar-refractivity contribution in [3.8, 4) is 0 Å². The molecule has 0 fully saturated rings. The summed E-state index contributed by atoms with van der Waals surface area (Å²) in [5.41, 5.74) is 0. The normalized spacial score (nSPS) is 16.4. The van der Waals surface area contributed by atoms with E-state index < -0.39 is 42.2 Å². The summed E-state index contributed by atoms with van der Waals surface area (Å²) < 4.78 is 182. The molecule has 0 radical (unpaired) electrons. The first-order valence-electron chi connectivity index (χ1n) is 4.43. The molecular weight excluding hydrogens is 369 g/mol. The second-order valence-corrected chi connectivity index (χ2v) is 3.72. The number of hydrogen-bond donors (Lipinski definition) is 0. The largest absolute Gasteiger partial charge is 0.460 e. The highest BCUT2D eigenvalue weighted by atomic mass is 19.4. The van der Waals surface area contributed by atoms with Crippen LogP contribution >= 0.6 is 0 Å². The first-order chi connectivity index (χ1) is 9.19. The predicted molar refractivity (Wildman–Crippen MR) is 36.8 cm³/mol. The molecule has 0 atom stereocenters. The van der Waals surface area contributed by atoms with Gasteiger partial charge in [-0.25, -0.2) is 8.78 Å². The first-order valence-corrected chi connectivity index (χ1v) is 4.43. The molecule has 0 unspecified atom stereocenters. The van der Waals surface area contributed by atoms with Gasteiger partial charge < -0.3 is 0 Å². The van der Waals surface area contributed by atoms with Gasteiger partial charge in [0.05, 0.1) is 0 Å². The zero-order chi connectivity index (χ0) is 18.6. The zero-order valence-corrected chi connectivity index (χ0v) is 9.25. The molecule has 15 heteroatoms. The Morgan fingerprint density at radius 2 is 0.682 bits per heavy atom. The lowest BCUT2D eigenvalue weighted by Gasteiger charge is -2.39. The van der Waals surface area contributed by atoms with E-state index in [4.69, 9.17) is 0 Å². The number of rotatable bonds is 5. The molecule has 0 bridgehead atoms. The fraction of sp³-hybridized carbons (Fsp3) is 1.00. The predicted octanol–water partition coefficient (Wildman–Crippen LogP) is 4.99. The van der Waals surface area contributed by atoms with Crippen molar-refractivity contribution < 1.29 is 65.9 Å². The van der Waals surface area contributed by atoms with Crippen LogP contribution in [0.4, 0.5) is 65.9 Å². The molecule has 0 spiro atoms. The topological polar surface area (TPSA) is 0 Å². The molecule has 0 heterocycles. The minimum absolute atomic E-state index is 5.76. The Kier molecular flexibility index (Phi) is 4.74. The Morgan fingerprint density at radius 1 is 0.409 bits per heavy atom. The zero-order valence-electron chi connectivity index (χ0n) is 9.25. The van der Waals surface area contributed by atoms with Gasteiger partial charge in [-0.15, -0.1) is 0 Å². The van der Waals surface area contributed by atoms with Crippen LogP contribution in [0.3, 0.4) is 0 Å². The van der Waals surface area contributed by atoms with Crippen LogP contribution in [0, 0.1) is 0 Å². The van der Waals surface area contributed by atoms with Crippen molar-refractivity contribution in [3.63, 3.8) is 0 Å². The van der Waals surface area contributed by atoms with Crippen molar-refractivity contribution in [2.45, 2.75) is 42.2 Å². The van der Waals surface area contributed by atoms with E-state index in [9.17, 15) is 65.9 Å². The third-order valence-corrected chi connectivity index (χ3v) is 2.23. The fourth-order valence-electron chi connectivity index (χ4n) is 0.919. The molecule has 0 saturated carbocycles. The Balaban J connectivity index is 6.24. The smallest absolute Gasteiger partial charge is 0.203 e. The van der Waals surface area contributed by atoms with Gasteiger partial charge in [0.2, 0.25) is 0 Å². The van der Waals surface area contributed by atoms with Gasteiger partial charge in [-0.05, 0) is 0 Å². The molecule has 0 aromatic rings. The van der Waals surface area contributed by atoms with Crippen LogP contribution in [0.2, 0.25) is 0 Å². The molecule has 0 rings (SSSR count). The van der Waals surface area contributed by atoms with Crippen LogP contribution in [-0.2, 0) is 0 Å². The Hall–Kier alpha value is -1.05. The summed E-state index contributed by atoms with van der Waals surface area (Å²) in [5.74, 6) is -39.5. The van der Waals surface area contributed by atoms with E-state index in [0.29, 0.717) is 0 Å². The number of halogens is 15. The molecule has 0 amide bonds. The average molecular weight is 370 g/mol. The van der Waals surface area contributed by atoms with E-state index in [-0.39, 0.29) is 0 Å². The standard InChI is InChI=1S/C7HF15/c8-1(9)2(10,11)3(12,13)4(14,15)5(16,17)6(18,19)7(20,21)22/h1H. The fourth-order valence-corrected chi connectivity index (χ4v) is 0.919. The lowest BCUT2D eigenvalue weighted by atomic mass is 9.94. The Labute approximate surface area is 109 Å². The van der Waals surface area contributed by atoms with Crippen molar-refractivity contribution in [2.24, 2.45) is 0 Å². The second kappa shape index (κ2) is 4.97. The van der Waals surface area contributed by atoms with Crippen LogP contribution in [0.25, 0.3) is 0 Å². The molecular formula is C7HF15. The summed E-state index contributed by atoms with van der Waals surface area (Å²) in [4.78, 5) is 0. The van der Waals surface area contributed by atoms with Crippen LogP contribution < -0.4 is 0 Å². The second-order valence-electron chi connectivity index (χ2n) is 3.72. The van der Waals surface area contributed by atoms with Crippen molar-refractivity contribution >= 4 is 0 Å². The van der Waals surface area contributed by atoms with Gasteiger partial charge >= 0.3 is 42.2 Å². The van der Waals surface area contributed by atoms with E-state index in [0.717, 1.165) is 0 Å². The summed E-state index contributed by atoms with van der Waals surface area (Å²) in [6.45, 7) is 0. The van der Waals surface area contributed by atoms with Gasteiger partial charge in [-0.3, -0.25) is 0 Å². The molecule has 0 aliphatic heterocycles. The molecule has 0 aliphatic carbocycles. The highest BCUT2D eigenvalue weighted by molar-refractivity contribution is 5.10. The van der Waals surface area contributed by atoms with E-state index in [1.54, 1.807) is 0 Å². The molecule has 0 nitrogen and oxygen atoms in total. The molecule has 0 aromatic heterocycles.